The number of amides is 1. The minimum Gasteiger partial charge on any atom is -0.337 e. The van der Waals surface area contributed by atoms with Gasteiger partial charge in [0.25, 0.3) is 5.91 Å². The lowest BCUT2D eigenvalue weighted by molar-refractivity contribution is 0.0611. The fraction of sp³-hybridized carbons (Fsp3) is 0.611. The first-order chi connectivity index (χ1) is 10.5. The first kappa shape index (κ1) is 17.5. The molecule has 0 spiro atoms. The number of likely N-dealkylation sites (N-methyl/N-ethyl adjacent to an activating group) is 1. The SMILES string of the molecule is CC(C)[C@@H](CN1CCCCC1)N(C)C(=O)c1ccc(Br)cc1. The molecular weight excluding hydrogens is 340 g/mol. The van der Waals surface area contributed by atoms with Crippen LogP contribution in [0.25, 0.3) is 0 Å². The van der Waals surface area contributed by atoms with Crippen molar-refractivity contribution in [2.24, 2.45) is 5.92 Å². The van der Waals surface area contributed by atoms with E-state index in [0.717, 1.165) is 16.6 Å². The van der Waals surface area contributed by atoms with Gasteiger partial charge in [-0.05, 0) is 56.1 Å². The number of piperidine rings is 1. The van der Waals surface area contributed by atoms with Crippen LogP contribution in [-0.4, -0.2) is 48.4 Å². The van der Waals surface area contributed by atoms with Crippen molar-refractivity contribution in [3.8, 4) is 0 Å². The Kier molecular flexibility index (Phi) is 6.45. The van der Waals surface area contributed by atoms with Gasteiger partial charge in [0.05, 0.1) is 0 Å². The molecule has 2 rings (SSSR count). The average molecular weight is 367 g/mol. The molecule has 0 unspecified atom stereocenters. The van der Waals surface area contributed by atoms with Crippen molar-refractivity contribution >= 4 is 21.8 Å². The van der Waals surface area contributed by atoms with Gasteiger partial charge in [0.2, 0.25) is 0 Å². The second-order valence-corrected chi connectivity index (χ2v) is 7.51. The van der Waals surface area contributed by atoms with Crippen LogP contribution in [0.5, 0.6) is 0 Å². The van der Waals surface area contributed by atoms with Crippen molar-refractivity contribution in [1.82, 2.24) is 9.80 Å². The van der Waals surface area contributed by atoms with Gasteiger partial charge in [-0.2, -0.15) is 0 Å². The van der Waals surface area contributed by atoms with Crippen molar-refractivity contribution in [2.45, 2.75) is 39.2 Å². The highest BCUT2D eigenvalue weighted by molar-refractivity contribution is 9.10. The maximum absolute atomic E-state index is 12.7. The van der Waals surface area contributed by atoms with E-state index in [4.69, 9.17) is 0 Å². The van der Waals surface area contributed by atoms with E-state index in [1.165, 1.54) is 32.4 Å². The number of nitrogens with zero attached hydrogens (tertiary/aromatic N) is 2. The van der Waals surface area contributed by atoms with Crippen LogP contribution in [0.2, 0.25) is 0 Å². The summed E-state index contributed by atoms with van der Waals surface area (Å²) in [4.78, 5) is 17.2. The Bertz CT molecular complexity index is 480. The Labute approximate surface area is 142 Å². The zero-order chi connectivity index (χ0) is 16.1. The lowest BCUT2D eigenvalue weighted by Crippen LogP contribution is -2.48. The summed E-state index contributed by atoms with van der Waals surface area (Å²) in [6.45, 7) is 7.74. The summed E-state index contributed by atoms with van der Waals surface area (Å²) in [6.07, 6.45) is 3.92. The van der Waals surface area contributed by atoms with Gasteiger partial charge in [0.15, 0.2) is 0 Å². The van der Waals surface area contributed by atoms with E-state index in [2.05, 4.69) is 34.7 Å². The van der Waals surface area contributed by atoms with E-state index in [-0.39, 0.29) is 11.9 Å². The van der Waals surface area contributed by atoms with Crippen LogP contribution in [0.3, 0.4) is 0 Å². The molecule has 4 heteroatoms. The highest BCUT2D eigenvalue weighted by Gasteiger charge is 2.26. The van der Waals surface area contributed by atoms with E-state index in [1.807, 2.05) is 36.2 Å². The zero-order valence-corrected chi connectivity index (χ0v) is 15.5. The number of likely N-dealkylation sites (tertiary alicyclic amines) is 1. The quantitative estimate of drug-likeness (QED) is 0.785. The van der Waals surface area contributed by atoms with Crippen LogP contribution < -0.4 is 0 Å². The van der Waals surface area contributed by atoms with Crippen LogP contribution in [0, 0.1) is 5.92 Å². The molecule has 0 aromatic heterocycles. The maximum atomic E-state index is 12.7. The Morgan fingerprint density at radius 3 is 2.32 bits per heavy atom. The molecule has 0 aliphatic carbocycles. The third-order valence-electron chi connectivity index (χ3n) is 4.57. The van der Waals surface area contributed by atoms with Gasteiger partial charge in [-0.1, -0.05) is 36.2 Å². The third kappa shape index (κ3) is 4.56. The molecule has 1 fully saturated rings. The van der Waals surface area contributed by atoms with Crippen molar-refractivity contribution in [1.29, 1.82) is 0 Å². The van der Waals surface area contributed by atoms with Crippen molar-refractivity contribution < 1.29 is 4.79 Å². The summed E-state index contributed by atoms with van der Waals surface area (Å²) in [5.41, 5.74) is 0.759. The highest BCUT2D eigenvalue weighted by atomic mass is 79.9. The number of carbonyl (C=O) groups excluding carboxylic acids is 1. The van der Waals surface area contributed by atoms with Crippen molar-refractivity contribution in [3.05, 3.63) is 34.3 Å². The van der Waals surface area contributed by atoms with Crippen LogP contribution in [0.1, 0.15) is 43.5 Å². The van der Waals surface area contributed by atoms with E-state index < -0.39 is 0 Å². The largest absolute Gasteiger partial charge is 0.337 e. The summed E-state index contributed by atoms with van der Waals surface area (Å²) in [7, 11) is 1.94. The van der Waals surface area contributed by atoms with Gasteiger partial charge >= 0.3 is 0 Å². The second kappa shape index (κ2) is 8.11. The maximum Gasteiger partial charge on any atom is 0.253 e. The number of hydrogen-bond donors (Lipinski definition) is 0. The fourth-order valence-corrected chi connectivity index (χ4v) is 3.40. The van der Waals surface area contributed by atoms with Crippen LogP contribution in [0.4, 0.5) is 0 Å². The predicted molar refractivity (Wildman–Crippen MR) is 95.2 cm³/mol. The Morgan fingerprint density at radius 2 is 1.77 bits per heavy atom. The lowest BCUT2D eigenvalue weighted by atomic mass is 10.00. The standard InChI is InChI=1S/C18H27BrN2O/c1-14(2)17(13-21-11-5-4-6-12-21)20(3)18(22)15-7-9-16(19)10-8-15/h7-10,14,17H,4-6,11-13H2,1-3H3/t17-/m1/s1. The molecule has 1 aromatic rings. The highest BCUT2D eigenvalue weighted by Crippen LogP contribution is 2.18. The number of rotatable bonds is 5. The Morgan fingerprint density at radius 1 is 1.18 bits per heavy atom. The first-order valence-electron chi connectivity index (χ1n) is 8.24. The second-order valence-electron chi connectivity index (χ2n) is 6.60. The molecule has 0 radical (unpaired) electrons. The van der Waals surface area contributed by atoms with E-state index in [9.17, 15) is 4.79 Å². The molecule has 3 nitrogen and oxygen atoms in total. The van der Waals surface area contributed by atoms with Crippen LogP contribution in [-0.2, 0) is 0 Å². The summed E-state index contributed by atoms with van der Waals surface area (Å²) in [5, 5.41) is 0. The number of carbonyl (C=O) groups is 1. The molecule has 1 aromatic carbocycles. The monoisotopic (exact) mass is 366 g/mol. The molecule has 1 aliphatic heterocycles. The molecule has 1 saturated heterocycles. The molecule has 1 amide bonds. The molecule has 0 bridgehead atoms. The minimum absolute atomic E-state index is 0.114. The molecule has 0 N–H and O–H groups in total. The van der Waals surface area contributed by atoms with Crippen LogP contribution >= 0.6 is 15.9 Å². The molecular formula is C18H27BrN2O. The molecule has 1 atom stereocenters. The molecule has 22 heavy (non-hydrogen) atoms. The van der Waals surface area contributed by atoms with Crippen LogP contribution in [0.15, 0.2) is 28.7 Å². The van der Waals surface area contributed by atoms with Gasteiger partial charge in [-0.3, -0.25) is 4.79 Å². The zero-order valence-electron chi connectivity index (χ0n) is 13.9. The summed E-state index contributed by atoms with van der Waals surface area (Å²) >= 11 is 3.42. The Balaban J connectivity index is 2.06. The van der Waals surface area contributed by atoms with Gasteiger partial charge in [0, 0.05) is 29.7 Å². The third-order valence-corrected chi connectivity index (χ3v) is 5.10. The number of hydrogen-bond acceptors (Lipinski definition) is 2. The molecule has 0 saturated carbocycles. The average Bonchev–Trinajstić information content (AvgIpc) is 2.53. The summed E-state index contributed by atoms with van der Waals surface area (Å²) in [5.74, 6) is 0.564. The molecule has 1 aliphatic rings. The van der Waals surface area contributed by atoms with E-state index in [1.54, 1.807) is 0 Å². The fourth-order valence-electron chi connectivity index (χ4n) is 3.13. The van der Waals surface area contributed by atoms with E-state index in [0.29, 0.717) is 5.92 Å². The van der Waals surface area contributed by atoms with Crippen molar-refractivity contribution in [3.63, 3.8) is 0 Å². The van der Waals surface area contributed by atoms with Gasteiger partial charge in [-0.25, -0.2) is 0 Å². The Hall–Kier alpha value is -0.870. The van der Waals surface area contributed by atoms with Crippen molar-refractivity contribution in [2.75, 3.05) is 26.7 Å². The smallest absolute Gasteiger partial charge is 0.253 e. The lowest BCUT2D eigenvalue weighted by Gasteiger charge is -2.37. The van der Waals surface area contributed by atoms with E-state index >= 15 is 0 Å². The first-order valence-corrected chi connectivity index (χ1v) is 9.03. The minimum atomic E-state index is 0.114. The predicted octanol–water partition coefficient (Wildman–Crippen LogP) is 4.03. The topological polar surface area (TPSA) is 23.6 Å². The summed E-state index contributed by atoms with van der Waals surface area (Å²) < 4.78 is 1.00. The normalized spacial score (nSPS) is 17.5. The van der Waals surface area contributed by atoms with Gasteiger partial charge in [-0.15, -0.1) is 0 Å². The van der Waals surface area contributed by atoms with Gasteiger partial charge in [0.1, 0.15) is 0 Å². The summed E-state index contributed by atoms with van der Waals surface area (Å²) in [6, 6.07) is 7.89. The molecule has 1 heterocycles. The van der Waals surface area contributed by atoms with Gasteiger partial charge < -0.3 is 9.80 Å². The number of benzene rings is 1. The number of halogens is 1. The molecule has 122 valence electrons.